The Balaban J connectivity index is 1.44. The maximum Gasteiger partial charge on any atom is 0.272 e. The number of nitrogens with one attached hydrogen (secondary N) is 5. The second kappa shape index (κ2) is 10.1. The number of rotatable bonds is 8. The maximum atomic E-state index is 12.9. The molecule has 1 aromatic carbocycles. The molecular formula is C24H24N10O3. The first-order chi connectivity index (χ1) is 17.7. The van der Waals surface area contributed by atoms with E-state index in [4.69, 9.17) is 11.1 Å². The van der Waals surface area contributed by atoms with Crippen molar-refractivity contribution >= 4 is 46.2 Å². The van der Waals surface area contributed by atoms with Crippen LogP contribution in [-0.4, -0.2) is 31.4 Å². The summed E-state index contributed by atoms with van der Waals surface area (Å²) >= 11 is 0. The Morgan fingerprint density at radius 3 is 1.57 bits per heavy atom. The van der Waals surface area contributed by atoms with Crippen molar-refractivity contribution in [2.75, 3.05) is 16.0 Å². The smallest absolute Gasteiger partial charge is 0.272 e. The van der Waals surface area contributed by atoms with Crippen LogP contribution in [0.1, 0.15) is 31.5 Å². The van der Waals surface area contributed by atoms with Crippen LogP contribution in [0.3, 0.4) is 0 Å². The van der Waals surface area contributed by atoms with Crippen LogP contribution in [0.2, 0.25) is 0 Å². The second-order valence-corrected chi connectivity index (χ2v) is 8.34. The molecule has 0 aliphatic carbocycles. The molecule has 0 bridgehead atoms. The highest BCUT2D eigenvalue weighted by Gasteiger charge is 2.19. The number of hydrogen-bond donors (Lipinski definition) is 5. The zero-order valence-corrected chi connectivity index (χ0v) is 20.2. The Morgan fingerprint density at radius 2 is 1.08 bits per heavy atom. The Morgan fingerprint density at radius 1 is 0.622 bits per heavy atom. The Hall–Kier alpha value is -5.33. The molecule has 5 N–H and O–H groups in total. The summed E-state index contributed by atoms with van der Waals surface area (Å²) in [6.45, 7) is 0. The molecule has 0 aliphatic rings. The zero-order chi connectivity index (χ0) is 26.7. The van der Waals surface area contributed by atoms with Gasteiger partial charge in [-0.1, -0.05) is 6.07 Å². The number of aryl methyl sites for hydroxylation is 3. The van der Waals surface area contributed by atoms with Crippen molar-refractivity contribution in [1.82, 2.24) is 13.7 Å². The lowest BCUT2D eigenvalue weighted by Crippen LogP contribution is -2.54. The van der Waals surface area contributed by atoms with E-state index in [-0.39, 0.29) is 5.69 Å². The van der Waals surface area contributed by atoms with Gasteiger partial charge in [0.1, 0.15) is 17.1 Å². The van der Waals surface area contributed by atoms with Gasteiger partial charge in [0.15, 0.2) is 5.69 Å². The average molecular weight is 501 g/mol. The number of nitrogens with zero attached hydrogens (tertiary/aromatic N) is 5. The fourth-order valence-electron chi connectivity index (χ4n) is 3.82. The lowest BCUT2D eigenvalue weighted by molar-refractivity contribution is -0.380. The SMILES string of the molecule is Cn1cc(NC(=O)c2cc(NC(=O)c3cc([NH+]=[N-])cn3C)cn2C)cc1C(=O)Nc1cccc([NH+]=[N-])c1. The normalized spacial score (nSPS) is 10.6. The number of aromatic nitrogens is 3. The van der Waals surface area contributed by atoms with Gasteiger partial charge in [-0.3, -0.25) is 24.6 Å². The lowest BCUT2D eigenvalue weighted by atomic mass is 10.2. The van der Waals surface area contributed by atoms with Crippen LogP contribution in [0.5, 0.6) is 0 Å². The van der Waals surface area contributed by atoms with E-state index in [0.29, 0.717) is 39.8 Å². The summed E-state index contributed by atoms with van der Waals surface area (Å²) in [6.07, 6.45) is 4.75. The topological polar surface area (TPSA) is 175 Å². The van der Waals surface area contributed by atoms with E-state index in [1.807, 2.05) is 10.2 Å². The van der Waals surface area contributed by atoms with E-state index < -0.39 is 17.7 Å². The van der Waals surface area contributed by atoms with Gasteiger partial charge in [0, 0.05) is 57.4 Å². The minimum atomic E-state index is -0.437. The van der Waals surface area contributed by atoms with E-state index in [9.17, 15) is 14.4 Å². The van der Waals surface area contributed by atoms with Crippen molar-refractivity contribution in [2.45, 2.75) is 0 Å². The zero-order valence-electron chi connectivity index (χ0n) is 20.2. The van der Waals surface area contributed by atoms with Gasteiger partial charge >= 0.3 is 0 Å². The van der Waals surface area contributed by atoms with Gasteiger partial charge in [0.2, 0.25) is 5.69 Å². The fourth-order valence-corrected chi connectivity index (χ4v) is 3.82. The third kappa shape index (κ3) is 5.35. The molecule has 0 aliphatic heterocycles. The van der Waals surface area contributed by atoms with Crippen LogP contribution in [0, 0.1) is 0 Å². The van der Waals surface area contributed by atoms with Gasteiger partial charge in [0.05, 0.1) is 17.6 Å². The third-order valence-corrected chi connectivity index (χ3v) is 5.61. The molecule has 4 rings (SSSR count). The molecule has 37 heavy (non-hydrogen) atoms. The quantitative estimate of drug-likeness (QED) is 0.227. The van der Waals surface area contributed by atoms with Gasteiger partial charge in [-0.25, -0.2) is 0 Å². The van der Waals surface area contributed by atoms with Crippen LogP contribution in [0.4, 0.5) is 28.4 Å². The monoisotopic (exact) mass is 500 g/mol. The molecule has 0 saturated heterocycles. The van der Waals surface area contributed by atoms with Gasteiger partial charge in [-0.05, 0) is 18.2 Å². The molecule has 0 radical (unpaired) electrons. The molecule has 3 aromatic heterocycles. The molecule has 13 nitrogen and oxygen atoms in total. The molecule has 13 heteroatoms. The molecular weight excluding hydrogens is 476 g/mol. The fraction of sp³-hybridized carbons (Fsp3) is 0.125. The van der Waals surface area contributed by atoms with Gasteiger partial charge in [-0.2, -0.15) is 0 Å². The number of hydrogen-bond acceptors (Lipinski definition) is 3. The van der Waals surface area contributed by atoms with Crippen LogP contribution in [0.15, 0.2) is 61.1 Å². The summed E-state index contributed by atoms with van der Waals surface area (Å²) in [6, 6.07) is 11.1. The third-order valence-electron chi connectivity index (χ3n) is 5.61. The molecule has 0 unspecified atom stereocenters. The van der Waals surface area contributed by atoms with Crippen molar-refractivity contribution in [2.24, 2.45) is 21.1 Å². The Kier molecular flexibility index (Phi) is 6.77. The first-order valence-corrected chi connectivity index (χ1v) is 11.0. The minimum Gasteiger partial charge on any atom is -0.502 e. The summed E-state index contributed by atoms with van der Waals surface area (Å²) in [7, 11) is 5.01. The summed E-state index contributed by atoms with van der Waals surface area (Å²) in [5.74, 6) is -1.25. The van der Waals surface area contributed by atoms with Gasteiger partial charge in [-0.15, -0.1) is 0 Å². The molecule has 188 valence electrons. The molecule has 3 amide bonds. The van der Waals surface area contributed by atoms with Crippen LogP contribution in [-0.2, 0) is 21.1 Å². The van der Waals surface area contributed by atoms with E-state index in [1.165, 1.54) is 18.2 Å². The van der Waals surface area contributed by atoms with Crippen molar-refractivity contribution in [1.29, 1.82) is 0 Å². The number of carbonyl (C=O) groups is 3. The van der Waals surface area contributed by atoms with Crippen LogP contribution >= 0.6 is 0 Å². The molecule has 4 aromatic rings. The van der Waals surface area contributed by atoms with Gasteiger partial charge in [0.25, 0.3) is 17.7 Å². The molecule has 0 saturated carbocycles. The lowest BCUT2D eigenvalue weighted by Gasteiger charge is -2.05. The standard InChI is InChI=1S/C24H24N10O3/c1-32-11-16(8-19(32)22(35)27-14-5-4-6-15(7-14)30-25)28-23(36)20-9-17(12-33(20)2)29-24(37)21-10-18(31-26)13-34(21)3/h4-13,30-31H,1-3H3,(H,27,35)(H,28,36)(H,29,37). The summed E-state index contributed by atoms with van der Waals surface area (Å²) in [5.41, 5.74) is 21.0. The van der Waals surface area contributed by atoms with Gasteiger partial charge < -0.3 is 40.7 Å². The largest absolute Gasteiger partial charge is 0.502 e. The molecule has 0 fully saturated rings. The highest BCUT2D eigenvalue weighted by molar-refractivity contribution is 6.08. The predicted octanol–water partition coefficient (Wildman–Crippen LogP) is 0.926. The number of anilines is 3. The predicted molar refractivity (Wildman–Crippen MR) is 135 cm³/mol. The van der Waals surface area contributed by atoms with Crippen molar-refractivity contribution in [3.05, 3.63) is 89.2 Å². The number of amides is 3. The Bertz CT molecular complexity index is 1540. The van der Waals surface area contributed by atoms with Crippen molar-refractivity contribution < 1.29 is 24.6 Å². The van der Waals surface area contributed by atoms with E-state index in [2.05, 4.69) is 16.0 Å². The van der Waals surface area contributed by atoms with Crippen LogP contribution < -0.4 is 26.2 Å². The summed E-state index contributed by atoms with van der Waals surface area (Å²) in [5, 5.41) is 12.2. The highest BCUT2D eigenvalue weighted by atomic mass is 16.2. The van der Waals surface area contributed by atoms with Crippen molar-refractivity contribution in [3.63, 3.8) is 0 Å². The Labute approximate surface area is 211 Å². The van der Waals surface area contributed by atoms with E-state index in [0.717, 1.165) is 0 Å². The average Bonchev–Trinajstić information content (AvgIpc) is 3.54. The van der Waals surface area contributed by atoms with Crippen molar-refractivity contribution in [3.8, 4) is 0 Å². The maximum absolute atomic E-state index is 12.9. The first-order valence-electron chi connectivity index (χ1n) is 11.0. The van der Waals surface area contributed by atoms with E-state index in [1.54, 1.807) is 77.7 Å². The number of benzene rings is 1. The number of carbonyl (C=O) groups excluding carboxylic acids is 3. The minimum absolute atomic E-state index is 0.281. The molecule has 0 atom stereocenters. The summed E-state index contributed by atoms with van der Waals surface area (Å²) in [4.78, 5) is 38.3. The highest BCUT2D eigenvalue weighted by Crippen LogP contribution is 2.20. The molecule has 0 spiro atoms. The summed E-state index contributed by atoms with van der Waals surface area (Å²) < 4.78 is 4.69. The first kappa shape index (κ1) is 24.8. The van der Waals surface area contributed by atoms with E-state index >= 15 is 0 Å². The van der Waals surface area contributed by atoms with Crippen LogP contribution in [0.25, 0.3) is 11.1 Å². The molecule has 3 heterocycles. The second-order valence-electron chi connectivity index (χ2n) is 8.34.